The van der Waals surface area contributed by atoms with Gasteiger partial charge in [-0.05, 0) is 32.4 Å². The first-order chi connectivity index (χ1) is 6.14. The SMILES string of the molecule is CCC(C)(C)OOc1ccccc1. The van der Waals surface area contributed by atoms with Gasteiger partial charge in [0.2, 0.25) is 0 Å². The summed E-state index contributed by atoms with van der Waals surface area (Å²) in [4.78, 5) is 10.4. The molecule has 0 bridgehead atoms. The van der Waals surface area contributed by atoms with Crippen LogP contribution in [-0.4, -0.2) is 5.60 Å². The average Bonchev–Trinajstić information content (AvgIpc) is 2.17. The second-order valence-electron chi connectivity index (χ2n) is 3.59. The van der Waals surface area contributed by atoms with E-state index in [-0.39, 0.29) is 5.60 Å². The summed E-state index contributed by atoms with van der Waals surface area (Å²) in [5.74, 6) is 0.740. The molecular formula is C11H16O2. The molecule has 0 heterocycles. The lowest BCUT2D eigenvalue weighted by Crippen LogP contribution is -2.24. The van der Waals surface area contributed by atoms with Gasteiger partial charge >= 0.3 is 0 Å². The zero-order valence-corrected chi connectivity index (χ0v) is 8.41. The minimum atomic E-state index is -0.226. The maximum atomic E-state index is 5.26. The zero-order valence-electron chi connectivity index (χ0n) is 8.41. The highest BCUT2D eigenvalue weighted by molar-refractivity contribution is 5.20. The molecule has 0 atom stereocenters. The number of rotatable bonds is 4. The number of hydrogen-bond donors (Lipinski definition) is 0. The first-order valence-corrected chi connectivity index (χ1v) is 4.55. The van der Waals surface area contributed by atoms with Crippen molar-refractivity contribution in [3.05, 3.63) is 30.3 Å². The average molecular weight is 180 g/mol. The Hall–Kier alpha value is -1.02. The smallest absolute Gasteiger partial charge is 0.165 e. The molecule has 0 aromatic heterocycles. The van der Waals surface area contributed by atoms with Gasteiger partial charge in [-0.15, -0.1) is 0 Å². The predicted molar refractivity (Wildman–Crippen MR) is 52.5 cm³/mol. The second-order valence-corrected chi connectivity index (χ2v) is 3.59. The van der Waals surface area contributed by atoms with Crippen molar-refractivity contribution in [3.8, 4) is 5.75 Å². The summed E-state index contributed by atoms with van der Waals surface area (Å²) in [6, 6.07) is 9.50. The van der Waals surface area contributed by atoms with Crippen molar-refractivity contribution < 1.29 is 9.78 Å². The lowest BCUT2D eigenvalue weighted by atomic mass is 10.1. The predicted octanol–water partition coefficient (Wildman–Crippen LogP) is 3.19. The van der Waals surface area contributed by atoms with Gasteiger partial charge in [0.05, 0.1) is 0 Å². The molecule has 0 radical (unpaired) electrons. The van der Waals surface area contributed by atoms with E-state index in [2.05, 4.69) is 6.92 Å². The molecule has 0 unspecified atom stereocenters. The number of benzene rings is 1. The quantitative estimate of drug-likeness (QED) is 0.523. The highest BCUT2D eigenvalue weighted by Crippen LogP contribution is 2.17. The van der Waals surface area contributed by atoms with Crippen LogP contribution in [0.1, 0.15) is 27.2 Å². The van der Waals surface area contributed by atoms with Crippen molar-refractivity contribution in [1.82, 2.24) is 0 Å². The largest absolute Gasteiger partial charge is 0.337 e. The second kappa shape index (κ2) is 4.28. The third kappa shape index (κ3) is 3.47. The van der Waals surface area contributed by atoms with E-state index in [0.717, 1.165) is 12.2 Å². The zero-order chi connectivity index (χ0) is 9.73. The summed E-state index contributed by atoms with van der Waals surface area (Å²) in [7, 11) is 0. The Kier molecular flexibility index (Phi) is 3.32. The maximum Gasteiger partial charge on any atom is 0.165 e. The van der Waals surface area contributed by atoms with Gasteiger partial charge < -0.3 is 4.89 Å². The Morgan fingerprint density at radius 3 is 2.31 bits per heavy atom. The van der Waals surface area contributed by atoms with Crippen molar-refractivity contribution in [3.63, 3.8) is 0 Å². The van der Waals surface area contributed by atoms with Gasteiger partial charge in [-0.2, -0.15) is 4.89 Å². The molecule has 0 fully saturated rings. The van der Waals surface area contributed by atoms with Crippen LogP contribution in [0.2, 0.25) is 0 Å². The van der Waals surface area contributed by atoms with Crippen LogP contribution in [0.5, 0.6) is 5.75 Å². The van der Waals surface area contributed by atoms with E-state index in [1.807, 2.05) is 44.2 Å². The normalized spacial score (nSPS) is 11.3. The van der Waals surface area contributed by atoms with Gasteiger partial charge in [-0.1, -0.05) is 25.1 Å². The summed E-state index contributed by atoms with van der Waals surface area (Å²) in [6.07, 6.45) is 0.917. The highest BCUT2D eigenvalue weighted by Gasteiger charge is 2.17. The standard InChI is InChI=1S/C11H16O2/c1-4-11(2,3)13-12-10-8-6-5-7-9-10/h5-9H,4H2,1-3H3. The molecule has 0 amide bonds. The molecule has 1 aromatic rings. The van der Waals surface area contributed by atoms with Crippen LogP contribution in [0.3, 0.4) is 0 Å². The van der Waals surface area contributed by atoms with Crippen molar-refractivity contribution in [2.24, 2.45) is 0 Å². The topological polar surface area (TPSA) is 18.5 Å². The van der Waals surface area contributed by atoms with Crippen LogP contribution < -0.4 is 4.89 Å². The first kappa shape index (κ1) is 10.1. The van der Waals surface area contributed by atoms with E-state index >= 15 is 0 Å². The molecule has 0 N–H and O–H groups in total. The van der Waals surface area contributed by atoms with Crippen molar-refractivity contribution >= 4 is 0 Å². The summed E-state index contributed by atoms with van der Waals surface area (Å²) < 4.78 is 0. The molecule has 0 aliphatic rings. The maximum absolute atomic E-state index is 5.26. The van der Waals surface area contributed by atoms with Gasteiger partial charge in [0.25, 0.3) is 0 Å². The van der Waals surface area contributed by atoms with Gasteiger partial charge in [-0.25, -0.2) is 0 Å². The summed E-state index contributed by atoms with van der Waals surface area (Å²) in [5.41, 5.74) is -0.226. The molecule has 13 heavy (non-hydrogen) atoms. The molecule has 0 saturated heterocycles. The molecule has 0 spiro atoms. The molecule has 72 valence electrons. The van der Waals surface area contributed by atoms with Crippen LogP contribution in [-0.2, 0) is 4.89 Å². The third-order valence-corrected chi connectivity index (χ3v) is 1.96. The van der Waals surface area contributed by atoms with Crippen LogP contribution in [0.4, 0.5) is 0 Å². The summed E-state index contributed by atoms with van der Waals surface area (Å²) in [6.45, 7) is 6.06. The monoisotopic (exact) mass is 180 g/mol. The Bertz CT molecular complexity index is 242. The Balaban J connectivity index is 2.44. The van der Waals surface area contributed by atoms with Gasteiger partial charge in [0.15, 0.2) is 5.75 Å². The lowest BCUT2D eigenvalue weighted by molar-refractivity contribution is -0.281. The summed E-state index contributed by atoms with van der Waals surface area (Å²) >= 11 is 0. The first-order valence-electron chi connectivity index (χ1n) is 4.55. The van der Waals surface area contributed by atoms with Gasteiger partial charge in [-0.3, -0.25) is 0 Å². The number of para-hydroxylation sites is 1. The van der Waals surface area contributed by atoms with Crippen LogP contribution >= 0.6 is 0 Å². The van der Waals surface area contributed by atoms with E-state index in [4.69, 9.17) is 9.78 Å². The van der Waals surface area contributed by atoms with Crippen molar-refractivity contribution in [2.45, 2.75) is 32.8 Å². The number of hydrogen-bond acceptors (Lipinski definition) is 2. The summed E-state index contributed by atoms with van der Waals surface area (Å²) in [5, 5.41) is 0. The molecule has 2 heteroatoms. The fourth-order valence-electron chi connectivity index (χ4n) is 0.696. The minimum Gasteiger partial charge on any atom is -0.337 e. The molecule has 0 aliphatic heterocycles. The molecule has 0 aliphatic carbocycles. The minimum absolute atomic E-state index is 0.226. The van der Waals surface area contributed by atoms with Crippen LogP contribution in [0.15, 0.2) is 30.3 Å². The van der Waals surface area contributed by atoms with E-state index in [1.54, 1.807) is 0 Å². The molecular weight excluding hydrogens is 164 g/mol. The molecule has 1 aromatic carbocycles. The fourth-order valence-corrected chi connectivity index (χ4v) is 0.696. The Morgan fingerprint density at radius 2 is 1.77 bits per heavy atom. The van der Waals surface area contributed by atoms with E-state index in [0.29, 0.717) is 0 Å². The van der Waals surface area contributed by atoms with E-state index in [9.17, 15) is 0 Å². The molecule has 0 saturated carbocycles. The Labute approximate surface area is 79.4 Å². The van der Waals surface area contributed by atoms with Crippen LogP contribution in [0, 0.1) is 0 Å². The molecule has 1 rings (SSSR count). The fraction of sp³-hybridized carbons (Fsp3) is 0.455. The Morgan fingerprint density at radius 1 is 1.15 bits per heavy atom. The van der Waals surface area contributed by atoms with Crippen molar-refractivity contribution in [2.75, 3.05) is 0 Å². The van der Waals surface area contributed by atoms with Crippen LogP contribution in [0.25, 0.3) is 0 Å². The third-order valence-electron chi connectivity index (χ3n) is 1.96. The van der Waals surface area contributed by atoms with Gasteiger partial charge in [0, 0.05) is 0 Å². The van der Waals surface area contributed by atoms with Crippen molar-refractivity contribution in [1.29, 1.82) is 0 Å². The molecule has 2 nitrogen and oxygen atoms in total. The van der Waals surface area contributed by atoms with E-state index in [1.165, 1.54) is 0 Å². The van der Waals surface area contributed by atoms with E-state index < -0.39 is 0 Å². The lowest BCUT2D eigenvalue weighted by Gasteiger charge is -2.21. The van der Waals surface area contributed by atoms with Gasteiger partial charge in [0.1, 0.15) is 5.60 Å². The highest BCUT2D eigenvalue weighted by atomic mass is 17.2.